The summed E-state index contributed by atoms with van der Waals surface area (Å²) in [6.07, 6.45) is 28.9. The average Bonchev–Trinajstić information content (AvgIpc) is 2.97. The highest BCUT2D eigenvalue weighted by Gasteiger charge is 2.21. The first-order valence-corrected chi connectivity index (χ1v) is 18.3. The molecule has 0 rings (SSSR count). The number of hydrogen-bond donors (Lipinski definition) is 0. The Kier molecular flexibility index (Phi) is 26.9. The lowest BCUT2D eigenvalue weighted by Gasteiger charge is -2.28. The summed E-state index contributed by atoms with van der Waals surface area (Å²) in [4.78, 5) is 37.0. The number of rotatable bonds is 29. The van der Waals surface area contributed by atoms with Gasteiger partial charge in [-0.15, -0.1) is 0 Å². The van der Waals surface area contributed by atoms with E-state index in [2.05, 4.69) is 38.2 Å². The smallest absolute Gasteiger partial charge is 0.306 e. The van der Waals surface area contributed by atoms with Gasteiger partial charge in [0.05, 0.1) is 27.7 Å². The molecule has 0 saturated carbocycles. The zero-order chi connectivity index (χ0) is 33.7. The molecular weight excluding hydrogens is 593 g/mol. The molecule has 0 heterocycles. The molecule has 0 aromatic rings. The predicted molar refractivity (Wildman–Crippen MR) is 180 cm³/mol. The molecule has 0 aliphatic rings. The van der Waals surface area contributed by atoms with Crippen LogP contribution in [0.15, 0.2) is 48.6 Å². The van der Waals surface area contributed by atoms with Gasteiger partial charge in [-0.05, 0) is 44.9 Å². The molecule has 10 heteroatoms. The van der Waals surface area contributed by atoms with E-state index in [0.717, 1.165) is 51.4 Å². The molecule has 2 unspecified atom stereocenters. The van der Waals surface area contributed by atoms with Gasteiger partial charge < -0.3 is 27.9 Å². The van der Waals surface area contributed by atoms with Crippen molar-refractivity contribution in [3.05, 3.63) is 48.6 Å². The molecule has 0 fully saturated rings. The summed E-state index contributed by atoms with van der Waals surface area (Å²) in [5.74, 6) is -0.931. The Hall–Kier alpha value is -2.03. The van der Waals surface area contributed by atoms with Crippen molar-refractivity contribution in [2.75, 3.05) is 47.5 Å². The fraction of sp³-hybridized carbons (Fsp3) is 0.714. The molecule has 0 aliphatic carbocycles. The minimum absolute atomic E-state index is 0.0418. The van der Waals surface area contributed by atoms with Crippen LogP contribution in [0.1, 0.15) is 110 Å². The second kappa shape index (κ2) is 28.2. The van der Waals surface area contributed by atoms with E-state index in [1.54, 1.807) is 0 Å². The molecule has 45 heavy (non-hydrogen) atoms. The van der Waals surface area contributed by atoms with Gasteiger partial charge >= 0.3 is 11.9 Å². The highest BCUT2D eigenvalue weighted by Crippen LogP contribution is 2.38. The highest BCUT2D eigenvalue weighted by atomic mass is 31.2. The maximum atomic E-state index is 12.5. The number of ether oxygens (including phenoxy) is 2. The molecule has 2 atom stereocenters. The van der Waals surface area contributed by atoms with Gasteiger partial charge in [0.1, 0.15) is 19.8 Å². The fourth-order valence-corrected chi connectivity index (χ4v) is 4.69. The Morgan fingerprint density at radius 2 is 1.33 bits per heavy atom. The minimum Gasteiger partial charge on any atom is -0.756 e. The molecule has 0 N–H and O–H groups in total. The quantitative estimate of drug-likeness (QED) is 0.0201. The standard InChI is InChI=1S/C35H62NO8P/c1-6-8-10-12-14-16-17-18-19-20-22-24-26-28-35(38)44-33(32-43-45(39,40)42-30-29-36(3,4)5)31-41-34(37)27-25-23-21-15-13-11-9-7-2/h8,10,12,14,16-17,21,23,33H,6-7,9,11,13,15,18-20,22,24-32H2,1-5H3/b10-8+,14-12+,17-16+,23-21+. The second-order valence-corrected chi connectivity index (χ2v) is 13.6. The molecule has 260 valence electrons. The van der Waals surface area contributed by atoms with E-state index in [1.165, 1.54) is 19.3 Å². The van der Waals surface area contributed by atoms with Crippen LogP contribution in [0.5, 0.6) is 0 Å². The number of quaternary nitrogens is 1. The summed E-state index contributed by atoms with van der Waals surface area (Å²) in [5.41, 5.74) is 0. The van der Waals surface area contributed by atoms with E-state index in [0.29, 0.717) is 23.9 Å². The van der Waals surface area contributed by atoms with Crippen LogP contribution in [0.25, 0.3) is 0 Å². The first-order chi connectivity index (χ1) is 21.5. The van der Waals surface area contributed by atoms with E-state index < -0.39 is 32.5 Å². The summed E-state index contributed by atoms with van der Waals surface area (Å²) < 4.78 is 33.5. The Bertz CT molecular complexity index is 923. The molecule has 0 spiro atoms. The minimum atomic E-state index is -4.62. The van der Waals surface area contributed by atoms with Crippen LogP contribution >= 0.6 is 7.82 Å². The summed E-state index contributed by atoms with van der Waals surface area (Å²) in [5, 5.41) is 0. The summed E-state index contributed by atoms with van der Waals surface area (Å²) in [6, 6.07) is 0. The van der Waals surface area contributed by atoms with Crippen molar-refractivity contribution in [1.82, 2.24) is 0 Å². The van der Waals surface area contributed by atoms with Gasteiger partial charge in [0.15, 0.2) is 6.10 Å². The Balaban J connectivity index is 4.59. The van der Waals surface area contributed by atoms with Gasteiger partial charge in [0.2, 0.25) is 0 Å². The number of carbonyl (C=O) groups excluding carboxylic acids is 2. The zero-order valence-corrected chi connectivity index (χ0v) is 29.7. The molecule has 0 aliphatic heterocycles. The van der Waals surface area contributed by atoms with Gasteiger partial charge in [0, 0.05) is 12.8 Å². The molecular formula is C35H62NO8P. The lowest BCUT2D eigenvalue weighted by Crippen LogP contribution is -2.37. The molecule has 9 nitrogen and oxygen atoms in total. The maximum Gasteiger partial charge on any atom is 0.306 e. The third kappa shape index (κ3) is 31.7. The van der Waals surface area contributed by atoms with Gasteiger partial charge in [-0.1, -0.05) is 101 Å². The highest BCUT2D eigenvalue weighted by molar-refractivity contribution is 7.45. The Morgan fingerprint density at radius 3 is 2.02 bits per heavy atom. The predicted octanol–water partition coefficient (Wildman–Crippen LogP) is 7.77. The van der Waals surface area contributed by atoms with Crippen LogP contribution in [0.2, 0.25) is 0 Å². The van der Waals surface area contributed by atoms with Crippen molar-refractivity contribution in [3.63, 3.8) is 0 Å². The number of hydrogen-bond acceptors (Lipinski definition) is 8. The van der Waals surface area contributed by atoms with E-state index >= 15 is 0 Å². The molecule has 0 amide bonds. The van der Waals surface area contributed by atoms with Crippen molar-refractivity contribution < 1.29 is 42.1 Å². The number of carbonyl (C=O) groups is 2. The molecule has 0 radical (unpaired) electrons. The van der Waals surface area contributed by atoms with Crippen LogP contribution in [-0.4, -0.2) is 70.0 Å². The summed E-state index contributed by atoms with van der Waals surface area (Å²) in [7, 11) is 1.12. The number of unbranched alkanes of at least 4 members (excludes halogenated alkanes) is 9. The third-order valence-electron chi connectivity index (χ3n) is 6.66. The largest absolute Gasteiger partial charge is 0.756 e. The molecule has 0 saturated heterocycles. The van der Waals surface area contributed by atoms with Gasteiger partial charge in [-0.25, -0.2) is 0 Å². The van der Waals surface area contributed by atoms with Crippen molar-refractivity contribution in [2.24, 2.45) is 0 Å². The average molecular weight is 656 g/mol. The van der Waals surface area contributed by atoms with Crippen molar-refractivity contribution in [3.8, 4) is 0 Å². The lowest BCUT2D eigenvalue weighted by atomic mass is 10.1. The zero-order valence-electron chi connectivity index (χ0n) is 28.8. The number of nitrogens with zero attached hydrogens (tertiary/aromatic N) is 1. The second-order valence-electron chi connectivity index (χ2n) is 12.2. The van der Waals surface area contributed by atoms with Crippen LogP contribution < -0.4 is 4.89 Å². The SMILES string of the molecule is CC/C=C/C=C/C=C/CCCCCCCC(=O)OC(COC(=O)CC/C=C/CCCCCC)COP(=O)([O-])OCC[N+](C)(C)C. The van der Waals surface area contributed by atoms with Gasteiger partial charge in [-0.2, -0.15) is 0 Å². The van der Waals surface area contributed by atoms with E-state index in [1.807, 2.05) is 45.4 Å². The van der Waals surface area contributed by atoms with E-state index in [-0.39, 0.29) is 26.1 Å². The summed E-state index contributed by atoms with van der Waals surface area (Å²) >= 11 is 0. The van der Waals surface area contributed by atoms with Crippen LogP contribution in [0.4, 0.5) is 0 Å². The topological polar surface area (TPSA) is 111 Å². The number of allylic oxidation sites excluding steroid dienone is 8. The van der Waals surface area contributed by atoms with E-state index in [9.17, 15) is 19.0 Å². The first kappa shape index (κ1) is 43.0. The number of likely N-dealkylation sites (N-methyl/N-ethyl adjacent to an activating group) is 1. The van der Waals surface area contributed by atoms with Crippen molar-refractivity contribution in [1.29, 1.82) is 0 Å². The van der Waals surface area contributed by atoms with Crippen molar-refractivity contribution in [2.45, 2.75) is 116 Å². The van der Waals surface area contributed by atoms with Crippen LogP contribution in [-0.2, 0) is 32.7 Å². The number of esters is 2. The molecule has 0 aromatic carbocycles. The van der Waals surface area contributed by atoms with Crippen molar-refractivity contribution >= 4 is 19.8 Å². The molecule has 0 aromatic heterocycles. The van der Waals surface area contributed by atoms with E-state index in [4.69, 9.17) is 18.5 Å². The Labute approximate surface area is 273 Å². The van der Waals surface area contributed by atoms with Crippen LogP contribution in [0, 0.1) is 0 Å². The maximum absolute atomic E-state index is 12.5. The van der Waals surface area contributed by atoms with Crippen LogP contribution in [0.3, 0.4) is 0 Å². The number of phosphoric acid groups is 1. The lowest BCUT2D eigenvalue weighted by molar-refractivity contribution is -0.870. The monoisotopic (exact) mass is 655 g/mol. The first-order valence-electron chi connectivity index (χ1n) is 16.9. The van der Waals surface area contributed by atoms with Gasteiger partial charge in [-0.3, -0.25) is 14.2 Å². The summed E-state index contributed by atoms with van der Waals surface area (Å²) in [6.45, 7) is 3.93. The van der Waals surface area contributed by atoms with Gasteiger partial charge in [0.25, 0.3) is 7.82 Å². The normalized spacial score (nSPS) is 14.5. The molecule has 0 bridgehead atoms. The Morgan fingerprint density at radius 1 is 0.711 bits per heavy atom. The number of phosphoric ester groups is 1. The third-order valence-corrected chi connectivity index (χ3v) is 7.62. The fourth-order valence-electron chi connectivity index (χ4n) is 3.96.